The highest BCUT2D eigenvalue weighted by molar-refractivity contribution is 5.73. The van der Waals surface area contributed by atoms with Crippen LogP contribution in [0.15, 0.2) is 29.0 Å². The molecule has 0 aliphatic heterocycles. The Hall–Kier alpha value is -1.84. The van der Waals surface area contributed by atoms with Gasteiger partial charge in [-0.05, 0) is 24.1 Å². The summed E-state index contributed by atoms with van der Waals surface area (Å²) < 4.78 is 5.11. The fraction of sp³-hybridized carbons (Fsp3) is 0.200. The number of oxazole rings is 1. The molecule has 1 heterocycles. The zero-order valence-electron chi connectivity index (χ0n) is 7.43. The Balaban J connectivity index is 2.21. The van der Waals surface area contributed by atoms with E-state index in [1.54, 1.807) is 0 Å². The van der Waals surface area contributed by atoms with Crippen LogP contribution in [0.4, 0.5) is 0 Å². The van der Waals surface area contributed by atoms with Crippen molar-refractivity contribution in [1.29, 1.82) is 0 Å². The minimum atomic E-state index is -0.789. The third-order valence-corrected chi connectivity index (χ3v) is 2.02. The van der Waals surface area contributed by atoms with Gasteiger partial charge in [-0.3, -0.25) is 4.79 Å². The molecule has 2 aromatic rings. The normalized spacial score (nSPS) is 10.6. The first-order valence-corrected chi connectivity index (χ1v) is 4.29. The molecule has 2 rings (SSSR count). The Labute approximate surface area is 80.2 Å². The summed E-state index contributed by atoms with van der Waals surface area (Å²) in [6, 6.07) is 5.52. The monoisotopic (exact) mass is 191 g/mol. The van der Waals surface area contributed by atoms with Gasteiger partial charge in [-0.25, -0.2) is 4.98 Å². The van der Waals surface area contributed by atoms with E-state index in [-0.39, 0.29) is 6.42 Å². The molecule has 0 bridgehead atoms. The molecule has 4 heteroatoms. The van der Waals surface area contributed by atoms with Crippen LogP contribution < -0.4 is 0 Å². The maximum absolute atomic E-state index is 10.4. The summed E-state index contributed by atoms with van der Waals surface area (Å²) >= 11 is 0. The molecule has 0 saturated heterocycles. The van der Waals surface area contributed by atoms with Crippen LogP contribution in [0.3, 0.4) is 0 Å². The van der Waals surface area contributed by atoms with E-state index < -0.39 is 5.97 Å². The summed E-state index contributed by atoms with van der Waals surface area (Å²) in [7, 11) is 0. The smallest absolute Gasteiger partial charge is 0.303 e. The number of fused-ring (bicyclic) bond motifs is 1. The maximum atomic E-state index is 10.4. The average Bonchev–Trinajstić information content (AvgIpc) is 2.61. The SMILES string of the molecule is O=C(O)CCc1ccc2ncoc2c1. The van der Waals surface area contributed by atoms with Gasteiger partial charge in [0.1, 0.15) is 5.52 Å². The number of hydrogen-bond acceptors (Lipinski definition) is 3. The molecular weight excluding hydrogens is 182 g/mol. The fourth-order valence-corrected chi connectivity index (χ4v) is 1.31. The van der Waals surface area contributed by atoms with Crippen LogP contribution in [0.25, 0.3) is 11.1 Å². The summed E-state index contributed by atoms with van der Waals surface area (Å²) in [6.07, 6.45) is 2.04. The van der Waals surface area contributed by atoms with E-state index >= 15 is 0 Å². The van der Waals surface area contributed by atoms with Crippen molar-refractivity contribution in [3.05, 3.63) is 30.2 Å². The molecule has 0 aliphatic carbocycles. The van der Waals surface area contributed by atoms with Gasteiger partial charge >= 0.3 is 5.97 Å². The molecule has 0 unspecified atom stereocenters. The van der Waals surface area contributed by atoms with Crippen LogP contribution >= 0.6 is 0 Å². The minimum absolute atomic E-state index is 0.139. The standard InChI is InChI=1S/C10H9NO3/c12-10(13)4-2-7-1-3-8-9(5-7)14-6-11-8/h1,3,5-6H,2,4H2,(H,12,13). The number of rotatable bonds is 3. The topological polar surface area (TPSA) is 63.3 Å². The lowest BCUT2D eigenvalue weighted by Crippen LogP contribution is -1.96. The third kappa shape index (κ3) is 1.74. The van der Waals surface area contributed by atoms with Gasteiger partial charge in [0.25, 0.3) is 0 Å². The number of carboxylic acid groups (broad SMARTS) is 1. The van der Waals surface area contributed by atoms with E-state index in [4.69, 9.17) is 9.52 Å². The van der Waals surface area contributed by atoms with Crippen molar-refractivity contribution in [1.82, 2.24) is 4.98 Å². The molecule has 14 heavy (non-hydrogen) atoms. The molecule has 1 N–H and O–H groups in total. The molecule has 0 spiro atoms. The maximum Gasteiger partial charge on any atom is 0.303 e. The highest BCUT2D eigenvalue weighted by Gasteiger charge is 2.02. The number of carboxylic acids is 1. The number of aliphatic carboxylic acids is 1. The molecule has 0 radical (unpaired) electrons. The van der Waals surface area contributed by atoms with Gasteiger partial charge in [0, 0.05) is 6.42 Å². The van der Waals surface area contributed by atoms with Gasteiger partial charge in [-0.15, -0.1) is 0 Å². The first-order valence-electron chi connectivity index (χ1n) is 4.29. The number of aryl methyl sites for hydroxylation is 1. The van der Waals surface area contributed by atoms with E-state index in [0.717, 1.165) is 11.1 Å². The Bertz CT molecular complexity index is 461. The lowest BCUT2D eigenvalue weighted by atomic mass is 10.1. The van der Waals surface area contributed by atoms with Gasteiger partial charge in [0.05, 0.1) is 0 Å². The summed E-state index contributed by atoms with van der Waals surface area (Å²) in [6.45, 7) is 0. The lowest BCUT2D eigenvalue weighted by molar-refractivity contribution is -0.136. The Morgan fingerprint density at radius 1 is 1.50 bits per heavy atom. The van der Waals surface area contributed by atoms with Gasteiger partial charge in [0.15, 0.2) is 12.0 Å². The van der Waals surface area contributed by atoms with Crippen molar-refractivity contribution >= 4 is 17.1 Å². The van der Waals surface area contributed by atoms with Gasteiger partial charge in [-0.1, -0.05) is 6.07 Å². The molecule has 0 aliphatic rings. The second kappa shape index (κ2) is 3.49. The van der Waals surface area contributed by atoms with Crippen LogP contribution in [0.2, 0.25) is 0 Å². The molecule has 1 aromatic carbocycles. The highest BCUT2D eigenvalue weighted by atomic mass is 16.4. The van der Waals surface area contributed by atoms with Crippen LogP contribution in [0, 0.1) is 0 Å². The molecular formula is C10H9NO3. The number of benzene rings is 1. The van der Waals surface area contributed by atoms with Crippen molar-refractivity contribution in [2.75, 3.05) is 0 Å². The van der Waals surface area contributed by atoms with E-state index in [9.17, 15) is 4.79 Å². The zero-order chi connectivity index (χ0) is 9.97. The quantitative estimate of drug-likeness (QED) is 0.804. The fourth-order valence-electron chi connectivity index (χ4n) is 1.31. The summed E-state index contributed by atoms with van der Waals surface area (Å²) in [5.41, 5.74) is 2.45. The molecule has 4 nitrogen and oxygen atoms in total. The number of carbonyl (C=O) groups is 1. The largest absolute Gasteiger partial charge is 0.481 e. The van der Waals surface area contributed by atoms with Crippen molar-refractivity contribution in [2.24, 2.45) is 0 Å². The Morgan fingerprint density at radius 2 is 2.36 bits per heavy atom. The Kier molecular flexibility index (Phi) is 2.18. The second-order valence-electron chi connectivity index (χ2n) is 3.05. The molecule has 0 fully saturated rings. The van der Waals surface area contributed by atoms with Gasteiger partial charge in [0.2, 0.25) is 0 Å². The first kappa shape index (κ1) is 8.74. The summed E-state index contributed by atoms with van der Waals surface area (Å²) in [4.78, 5) is 14.3. The molecule has 0 amide bonds. The van der Waals surface area contributed by atoms with Crippen molar-refractivity contribution in [3.8, 4) is 0 Å². The number of hydrogen-bond donors (Lipinski definition) is 1. The summed E-state index contributed by atoms with van der Waals surface area (Å²) in [5.74, 6) is -0.789. The van der Waals surface area contributed by atoms with Crippen LogP contribution in [-0.2, 0) is 11.2 Å². The zero-order valence-corrected chi connectivity index (χ0v) is 7.43. The van der Waals surface area contributed by atoms with Crippen LogP contribution in [-0.4, -0.2) is 16.1 Å². The number of nitrogens with zero attached hydrogens (tertiary/aromatic N) is 1. The van der Waals surface area contributed by atoms with E-state index in [1.165, 1.54) is 6.39 Å². The van der Waals surface area contributed by atoms with Crippen molar-refractivity contribution in [3.63, 3.8) is 0 Å². The molecule has 0 atom stereocenters. The molecule has 0 saturated carbocycles. The average molecular weight is 191 g/mol. The Morgan fingerprint density at radius 3 is 3.14 bits per heavy atom. The predicted molar refractivity (Wildman–Crippen MR) is 50.0 cm³/mol. The van der Waals surface area contributed by atoms with Crippen molar-refractivity contribution in [2.45, 2.75) is 12.8 Å². The van der Waals surface area contributed by atoms with Gasteiger partial charge in [-0.2, -0.15) is 0 Å². The van der Waals surface area contributed by atoms with Crippen LogP contribution in [0.5, 0.6) is 0 Å². The number of aromatic nitrogens is 1. The summed E-state index contributed by atoms with van der Waals surface area (Å²) in [5, 5.41) is 8.51. The first-order chi connectivity index (χ1) is 6.75. The van der Waals surface area contributed by atoms with E-state index in [0.29, 0.717) is 12.0 Å². The highest BCUT2D eigenvalue weighted by Crippen LogP contribution is 2.15. The van der Waals surface area contributed by atoms with Crippen molar-refractivity contribution < 1.29 is 14.3 Å². The van der Waals surface area contributed by atoms with E-state index in [2.05, 4.69) is 4.98 Å². The lowest BCUT2D eigenvalue weighted by Gasteiger charge is -1.96. The van der Waals surface area contributed by atoms with E-state index in [1.807, 2.05) is 18.2 Å². The van der Waals surface area contributed by atoms with Gasteiger partial charge < -0.3 is 9.52 Å². The minimum Gasteiger partial charge on any atom is -0.481 e. The second-order valence-corrected chi connectivity index (χ2v) is 3.05. The van der Waals surface area contributed by atoms with Crippen LogP contribution in [0.1, 0.15) is 12.0 Å². The molecule has 1 aromatic heterocycles. The third-order valence-electron chi connectivity index (χ3n) is 2.02. The molecule has 72 valence electrons. The predicted octanol–water partition coefficient (Wildman–Crippen LogP) is 1.84.